The molecule has 2 N–H and O–H groups in total. The van der Waals surface area contributed by atoms with Crippen molar-refractivity contribution in [3.05, 3.63) is 59.1 Å². The van der Waals surface area contributed by atoms with Crippen LogP contribution in [0.4, 0.5) is 4.39 Å². The van der Waals surface area contributed by atoms with Gasteiger partial charge in [-0.25, -0.2) is 4.39 Å². The number of ether oxygens (including phenoxy) is 1. The molecule has 1 heterocycles. The fraction of sp³-hybridized carbons (Fsp3) is 0.435. The first kappa shape index (κ1) is 21.6. The van der Waals surface area contributed by atoms with Crippen LogP contribution in [0.25, 0.3) is 0 Å². The summed E-state index contributed by atoms with van der Waals surface area (Å²) in [6.45, 7) is 1.93. The van der Waals surface area contributed by atoms with Crippen LogP contribution in [-0.4, -0.2) is 34.5 Å². The molecule has 1 unspecified atom stereocenters. The highest BCUT2D eigenvalue weighted by Crippen LogP contribution is 2.50. The number of carbonyl (C=O) groups excluding carboxylic acids is 2. The number of benzene rings is 1. The van der Waals surface area contributed by atoms with E-state index in [1.807, 2.05) is 0 Å². The fourth-order valence-corrected chi connectivity index (χ4v) is 5.04. The van der Waals surface area contributed by atoms with Crippen molar-refractivity contribution in [1.82, 2.24) is 15.6 Å². The molecule has 2 amide bonds. The highest BCUT2D eigenvalue weighted by Gasteiger charge is 2.54. The Kier molecular flexibility index (Phi) is 5.88. The normalized spacial score (nSPS) is 26.9. The molecule has 0 aliphatic heterocycles. The van der Waals surface area contributed by atoms with Gasteiger partial charge in [0.15, 0.2) is 6.61 Å². The molecule has 0 radical (unpaired) electrons. The monoisotopic (exact) mass is 445 g/mol. The molecule has 1 aromatic heterocycles. The number of aromatic nitrogens is 1. The van der Waals surface area contributed by atoms with Crippen LogP contribution in [0.5, 0.6) is 5.75 Å². The average Bonchev–Trinajstić information content (AvgIpc) is 2.76. The Morgan fingerprint density at radius 2 is 2.00 bits per heavy atom. The Hall–Kier alpha value is -2.67. The predicted molar refractivity (Wildman–Crippen MR) is 114 cm³/mol. The lowest BCUT2D eigenvalue weighted by Crippen LogP contribution is -2.67. The van der Waals surface area contributed by atoms with Crippen molar-refractivity contribution in [1.29, 1.82) is 0 Å². The molecule has 164 valence electrons. The van der Waals surface area contributed by atoms with Gasteiger partial charge in [-0.05, 0) is 62.3 Å². The van der Waals surface area contributed by atoms with Gasteiger partial charge in [-0.15, -0.1) is 0 Å². The molecule has 31 heavy (non-hydrogen) atoms. The fourth-order valence-electron chi connectivity index (χ4n) is 4.92. The maximum atomic E-state index is 13.5. The van der Waals surface area contributed by atoms with E-state index in [0.29, 0.717) is 5.56 Å². The maximum Gasteiger partial charge on any atom is 0.258 e. The number of halogens is 2. The Balaban J connectivity index is 1.34. The van der Waals surface area contributed by atoms with Crippen LogP contribution in [0, 0.1) is 11.7 Å². The van der Waals surface area contributed by atoms with Gasteiger partial charge in [-0.1, -0.05) is 18.5 Å². The minimum absolute atomic E-state index is 0.00758. The van der Waals surface area contributed by atoms with Gasteiger partial charge in [0, 0.05) is 29.5 Å². The minimum Gasteiger partial charge on any atom is -0.484 e. The summed E-state index contributed by atoms with van der Waals surface area (Å²) in [5.41, 5.74) is -0.0154. The van der Waals surface area contributed by atoms with Crippen molar-refractivity contribution >= 4 is 23.4 Å². The molecule has 2 bridgehead atoms. The molecule has 6 nitrogen and oxygen atoms in total. The zero-order valence-electron chi connectivity index (χ0n) is 17.3. The third kappa shape index (κ3) is 4.51. The van der Waals surface area contributed by atoms with Crippen molar-refractivity contribution in [2.45, 2.75) is 50.1 Å². The Morgan fingerprint density at radius 1 is 1.23 bits per heavy atom. The second kappa shape index (κ2) is 8.46. The summed E-state index contributed by atoms with van der Waals surface area (Å²) >= 11 is 5.67. The molecule has 8 heteroatoms. The third-order valence-corrected chi connectivity index (χ3v) is 7.00. The van der Waals surface area contributed by atoms with E-state index in [-0.39, 0.29) is 46.2 Å². The SMILES string of the molecule is CC1CC2(NC(=O)COc3ccc(Cl)c(F)c3)CCC1(NC(=O)c1cccnc1)CC2. The summed E-state index contributed by atoms with van der Waals surface area (Å²) in [5, 5.41) is 6.40. The van der Waals surface area contributed by atoms with E-state index in [4.69, 9.17) is 16.3 Å². The lowest BCUT2D eigenvalue weighted by Gasteiger charge is -2.57. The molecule has 3 fully saturated rings. The summed E-state index contributed by atoms with van der Waals surface area (Å²) in [6.07, 6.45) is 7.15. The first-order valence-electron chi connectivity index (χ1n) is 10.4. The summed E-state index contributed by atoms with van der Waals surface area (Å²) in [7, 11) is 0. The topological polar surface area (TPSA) is 80.3 Å². The van der Waals surface area contributed by atoms with Crippen LogP contribution in [0.2, 0.25) is 5.02 Å². The molecule has 3 aliphatic carbocycles. The van der Waals surface area contributed by atoms with Gasteiger partial charge in [-0.3, -0.25) is 14.6 Å². The van der Waals surface area contributed by atoms with E-state index in [1.54, 1.807) is 24.5 Å². The largest absolute Gasteiger partial charge is 0.484 e. The van der Waals surface area contributed by atoms with Gasteiger partial charge in [-0.2, -0.15) is 0 Å². The van der Waals surface area contributed by atoms with E-state index in [0.717, 1.165) is 38.2 Å². The molecular weight excluding hydrogens is 421 g/mol. The summed E-state index contributed by atoms with van der Waals surface area (Å²) in [5.74, 6) is -0.468. The van der Waals surface area contributed by atoms with Gasteiger partial charge in [0.05, 0.1) is 10.6 Å². The maximum absolute atomic E-state index is 13.5. The van der Waals surface area contributed by atoms with Crippen LogP contribution in [0.3, 0.4) is 0 Å². The number of nitrogens with zero attached hydrogens (tertiary/aromatic N) is 1. The highest BCUT2D eigenvalue weighted by molar-refractivity contribution is 6.30. The van der Waals surface area contributed by atoms with Crippen LogP contribution < -0.4 is 15.4 Å². The van der Waals surface area contributed by atoms with Gasteiger partial charge < -0.3 is 15.4 Å². The molecule has 3 saturated carbocycles. The van der Waals surface area contributed by atoms with Gasteiger partial charge in [0.1, 0.15) is 11.6 Å². The molecule has 3 aliphatic rings. The number of pyridine rings is 1. The Labute approximate surface area is 185 Å². The average molecular weight is 446 g/mol. The Bertz CT molecular complexity index is 977. The first-order chi connectivity index (χ1) is 14.8. The molecule has 2 aromatic rings. The highest BCUT2D eigenvalue weighted by atomic mass is 35.5. The zero-order chi connectivity index (χ0) is 22.1. The summed E-state index contributed by atoms with van der Waals surface area (Å²) in [6, 6.07) is 7.59. The van der Waals surface area contributed by atoms with Crippen molar-refractivity contribution in [3.8, 4) is 5.75 Å². The number of hydrogen-bond acceptors (Lipinski definition) is 4. The molecular formula is C23H25ClFN3O3. The van der Waals surface area contributed by atoms with Crippen LogP contribution in [-0.2, 0) is 4.79 Å². The molecule has 0 spiro atoms. The lowest BCUT2D eigenvalue weighted by atomic mass is 9.56. The second-order valence-corrected chi connectivity index (χ2v) is 9.06. The number of carbonyl (C=O) groups is 2. The van der Waals surface area contributed by atoms with Crippen molar-refractivity contribution in [2.24, 2.45) is 5.92 Å². The number of nitrogens with one attached hydrogen (secondary N) is 2. The summed E-state index contributed by atoms with van der Waals surface area (Å²) < 4.78 is 19.0. The minimum atomic E-state index is -0.587. The Morgan fingerprint density at radius 3 is 2.65 bits per heavy atom. The van der Waals surface area contributed by atoms with Crippen LogP contribution in [0.1, 0.15) is 49.4 Å². The van der Waals surface area contributed by atoms with Gasteiger partial charge in [0.25, 0.3) is 11.8 Å². The molecule has 0 saturated heterocycles. The van der Waals surface area contributed by atoms with Crippen LogP contribution in [0.15, 0.2) is 42.7 Å². The van der Waals surface area contributed by atoms with Crippen LogP contribution >= 0.6 is 11.6 Å². The number of amides is 2. The third-order valence-electron chi connectivity index (χ3n) is 6.69. The quantitative estimate of drug-likeness (QED) is 0.706. The molecule has 1 atom stereocenters. The van der Waals surface area contributed by atoms with E-state index in [2.05, 4.69) is 22.5 Å². The van der Waals surface area contributed by atoms with Crippen molar-refractivity contribution in [2.75, 3.05) is 6.61 Å². The smallest absolute Gasteiger partial charge is 0.258 e. The summed E-state index contributed by atoms with van der Waals surface area (Å²) in [4.78, 5) is 29.2. The van der Waals surface area contributed by atoms with Crippen molar-refractivity contribution < 1.29 is 18.7 Å². The van der Waals surface area contributed by atoms with E-state index in [9.17, 15) is 14.0 Å². The lowest BCUT2D eigenvalue weighted by molar-refractivity contribution is -0.127. The van der Waals surface area contributed by atoms with Gasteiger partial charge >= 0.3 is 0 Å². The first-order valence-corrected chi connectivity index (χ1v) is 10.8. The number of fused-ring (bicyclic) bond motifs is 3. The predicted octanol–water partition coefficient (Wildman–Crippen LogP) is 3.89. The standard InChI is InChI=1S/C23H25ClFN3O3/c1-15-12-22(27-20(29)14-31-17-4-5-18(24)19(25)11-17)6-8-23(15,9-7-22)28-21(30)16-3-2-10-26-13-16/h2-5,10-11,13,15H,6-9,12,14H2,1H3,(H,27,29)(H,28,30). The number of rotatable bonds is 6. The second-order valence-electron chi connectivity index (χ2n) is 8.65. The number of hydrogen-bond donors (Lipinski definition) is 2. The van der Waals surface area contributed by atoms with E-state index < -0.39 is 5.82 Å². The van der Waals surface area contributed by atoms with E-state index >= 15 is 0 Å². The molecule has 1 aromatic carbocycles. The zero-order valence-corrected chi connectivity index (χ0v) is 18.0. The van der Waals surface area contributed by atoms with Crippen molar-refractivity contribution in [3.63, 3.8) is 0 Å². The van der Waals surface area contributed by atoms with E-state index in [1.165, 1.54) is 12.1 Å². The molecule has 5 rings (SSSR count). The van der Waals surface area contributed by atoms with Gasteiger partial charge in [0.2, 0.25) is 0 Å².